The minimum absolute atomic E-state index is 0.119. The zero-order valence-electron chi connectivity index (χ0n) is 18.3. The van der Waals surface area contributed by atoms with E-state index in [1.165, 1.54) is 17.0 Å². The number of fused-ring (bicyclic) bond motifs is 1. The maximum absolute atomic E-state index is 13.1. The molecule has 0 aliphatic carbocycles. The minimum atomic E-state index is -4.30. The molecule has 2 N–H and O–H groups in total. The van der Waals surface area contributed by atoms with Crippen LogP contribution in [-0.2, 0) is 0 Å². The summed E-state index contributed by atoms with van der Waals surface area (Å²) in [6.45, 7) is 1.33. The lowest BCUT2D eigenvalue weighted by Gasteiger charge is -2.39. The number of carbonyl (C=O) groups is 1. The molecule has 176 valence electrons. The standard InChI is InChI=1S/C24H25F3N2O4/c1-14-11-20(32-2)22(17-7-9-28-21(14)17)33-19-8-10-29(13-24(25,26)27)12-18(19)15-3-5-16(6-4-15)23(30)31/h3-7,9,11,18-19,28H,8,10,12-13H2,1-2H3,(H,30,31)/t18-,19-/m0/s1. The van der Waals surface area contributed by atoms with Crippen LogP contribution in [0.25, 0.3) is 10.9 Å². The van der Waals surface area contributed by atoms with Crippen molar-refractivity contribution in [3.8, 4) is 11.5 Å². The Morgan fingerprint density at radius 1 is 1.24 bits per heavy atom. The minimum Gasteiger partial charge on any atom is -0.493 e. The molecule has 2 heterocycles. The fraction of sp³-hybridized carbons (Fsp3) is 0.375. The molecule has 0 bridgehead atoms. The summed E-state index contributed by atoms with van der Waals surface area (Å²) in [4.78, 5) is 15.8. The number of aromatic carboxylic acids is 1. The Morgan fingerprint density at radius 3 is 2.61 bits per heavy atom. The summed E-state index contributed by atoms with van der Waals surface area (Å²) in [5.74, 6) is -0.349. The van der Waals surface area contributed by atoms with E-state index < -0.39 is 24.8 Å². The van der Waals surface area contributed by atoms with E-state index in [9.17, 15) is 23.1 Å². The van der Waals surface area contributed by atoms with E-state index >= 15 is 0 Å². The van der Waals surface area contributed by atoms with Gasteiger partial charge < -0.3 is 19.6 Å². The summed E-state index contributed by atoms with van der Waals surface area (Å²) >= 11 is 0. The molecule has 1 fully saturated rings. The molecular weight excluding hydrogens is 437 g/mol. The Morgan fingerprint density at radius 2 is 1.97 bits per heavy atom. The maximum Gasteiger partial charge on any atom is 0.401 e. The van der Waals surface area contributed by atoms with Crippen LogP contribution in [0.2, 0.25) is 0 Å². The van der Waals surface area contributed by atoms with Crippen LogP contribution in [0, 0.1) is 6.92 Å². The average Bonchev–Trinajstić information content (AvgIpc) is 3.26. The second-order valence-electron chi connectivity index (χ2n) is 8.32. The number of aromatic nitrogens is 1. The van der Waals surface area contributed by atoms with Crippen molar-refractivity contribution in [2.75, 3.05) is 26.7 Å². The second kappa shape index (κ2) is 8.97. The van der Waals surface area contributed by atoms with E-state index in [-0.39, 0.29) is 24.6 Å². The van der Waals surface area contributed by atoms with Crippen molar-refractivity contribution in [2.24, 2.45) is 0 Å². The fourth-order valence-corrected chi connectivity index (χ4v) is 4.51. The van der Waals surface area contributed by atoms with Crippen molar-refractivity contribution in [3.63, 3.8) is 0 Å². The molecule has 2 atom stereocenters. The Balaban J connectivity index is 1.68. The number of carboxylic acids is 1. The smallest absolute Gasteiger partial charge is 0.401 e. The number of halogens is 3. The van der Waals surface area contributed by atoms with Crippen LogP contribution in [0.1, 0.15) is 33.8 Å². The van der Waals surface area contributed by atoms with E-state index in [0.29, 0.717) is 17.9 Å². The molecule has 4 rings (SSSR count). The van der Waals surface area contributed by atoms with Gasteiger partial charge in [0, 0.05) is 30.6 Å². The number of H-pyrrole nitrogens is 1. The van der Waals surface area contributed by atoms with Crippen LogP contribution in [0.15, 0.2) is 42.6 Å². The fourth-order valence-electron chi connectivity index (χ4n) is 4.51. The van der Waals surface area contributed by atoms with Crippen molar-refractivity contribution in [2.45, 2.75) is 31.5 Å². The number of aryl methyl sites for hydroxylation is 1. The predicted octanol–water partition coefficient (Wildman–Crippen LogP) is 4.98. The van der Waals surface area contributed by atoms with E-state index in [4.69, 9.17) is 9.47 Å². The van der Waals surface area contributed by atoms with Crippen LogP contribution >= 0.6 is 0 Å². The van der Waals surface area contributed by atoms with Crippen molar-refractivity contribution < 1.29 is 32.5 Å². The maximum atomic E-state index is 13.1. The van der Waals surface area contributed by atoms with Crippen LogP contribution in [0.3, 0.4) is 0 Å². The third kappa shape index (κ3) is 4.93. The number of benzene rings is 2. The van der Waals surface area contributed by atoms with Crippen LogP contribution < -0.4 is 9.47 Å². The molecular formula is C24H25F3N2O4. The van der Waals surface area contributed by atoms with E-state index in [1.54, 1.807) is 25.4 Å². The normalized spacial score (nSPS) is 19.5. The highest BCUT2D eigenvalue weighted by Gasteiger charge is 2.38. The molecule has 33 heavy (non-hydrogen) atoms. The molecule has 3 aromatic rings. The highest BCUT2D eigenvalue weighted by atomic mass is 19.4. The van der Waals surface area contributed by atoms with Gasteiger partial charge in [0.2, 0.25) is 0 Å². The zero-order chi connectivity index (χ0) is 23.8. The third-order valence-corrected chi connectivity index (χ3v) is 6.07. The molecule has 1 aliphatic rings. The largest absolute Gasteiger partial charge is 0.493 e. The number of hydrogen-bond acceptors (Lipinski definition) is 4. The average molecular weight is 462 g/mol. The number of carboxylic acid groups (broad SMARTS) is 1. The summed E-state index contributed by atoms with van der Waals surface area (Å²) in [6.07, 6.45) is -2.54. The molecule has 0 spiro atoms. The lowest BCUT2D eigenvalue weighted by atomic mass is 9.87. The molecule has 1 saturated heterocycles. The molecule has 0 saturated carbocycles. The molecule has 9 heteroatoms. The topological polar surface area (TPSA) is 74.8 Å². The number of hydrogen-bond donors (Lipinski definition) is 2. The number of methoxy groups -OCH3 is 1. The lowest BCUT2D eigenvalue weighted by molar-refractivity contribution is -0.150. The molecule has 2 aromatic carbocycles. The number of piperidine rings is 1. The zero-order valence-corrected chi connectivity index (χ0v) is 18.3. The monoisotopic (exact) mass is 462 g/mol. The highest BCUT2D eigenvalue weighted by molar-refractivity contribution is 5.91. The van der Waals surface area contributed by atoms with Gasteiger partial charge in [0.1, 0.15) is 6.10 Å². The van der Waals surface area contributed by atoms with Crippen LogP contribution in [0.4, 0.5) is 13.2 Å². The first kappa shape index (κ1) is 23.0. The SMILES string of the molecule is COc1cc(C)c2[nH]ccc2c1O[C@H]1CCN(CC(F)(F)F)C[C@H]1c1ccc(C(=O)O)cc1. The molecule has 6 nitrogen and oxygen atoms in total. The number of likely N-dealkylation sites (tertiary alicyclic amines) is 1. The van der Waals surface area contributed by atoms with E-state index in [1.807, 2.05) is 19.1 Å². The van der Waals surface area contributed by atoms with Gasteiger partial charge in [-0.3, -0.25) is 4.90 Å². The highest BCUT2D eigenvalue weighted by Crippen LogP contribution is 2.41. The number of aromatic amines is 1. The van der Waals surface area contributed by atoms with Crippen molar-refractivity contribution in [1.82, 2.24) is 9.88 Å². The first-order chi connectivity index (χ1) is 15.7. The first-order valence-corrected chi connectivity index (χ1v) is 10.6. The van der Waals surface area contributed by atoms with Gasteiger partial charge in [-0.1, -0.05) is 12.1 Å². The Bertz CT molecular complexity index is 1140. The van der Waals surface area contributed by atoms with Crippen LogP contribution in [0.5, 0.6) is 11.5 Å². The summed E-state index contributed by atoms with van der Waals surface area (Å²) < 4.78 is 51.2. The van der Waals surface area contributed by atoms with Crippen molar-refractivity contribution in [3.05, 3.63) is 59.3 Å². The first-order valence-electron chi connectivity index (χ1n) is 10.6. The second-order valence-corrected chi connectivity index (χ2v) is 8.32. The third-order valence-electron chi connectivity index (χ3n) is 6.07. The molecule has 1 aliphatic heterocycles. The van der Waals surface area contributed by atoms with Gasteiger partial charge in [0.15, 0.2) is 11.5 Å². The van der Waals surface area contributed by atoms with Gasteiger partial charge in [-0.25, -0.2) is 4.79 Å². The van der Waals surface area contributed by atoms with Gasteiger partial charge >= 0.3 is 12.1 Å². The number of ether oxygens (including phenoxy) is 2. The van der Waals surface area contributed by atoms with Gasteiger partial charge in [-0.2, -0.15) is 13.2 Å². The van der Waals surface area contributed by atoms with Crippen molar-refractivity contribution >= 4 is 16.9 Å². The van der Waals surface area contributed by atoms with Gasteiger partial charge in [0.05, 0.1) is 24.7 Å². The lowest BCUT2D eigenvalue weighted by Crippen LogP contribution is -2.47. The Kier molecular flexibility index (Phi) is 6.25. The number of alkyl halides is 3. The number of nitrogens with one attached hydrogen (secondary N) is 1. The number of nitrogens with zero attached hydrogens (tertiary/aromatic N) is 1. The van der Waals surface area contributed by atoms with Crippen LogP contribution in [-0.4, -0.2) is 60.0 Å². The van der Waals surface area contributed by atoms with E-state index in [0.717, 1.165) is 22.0 Å². The van der Waals surface area contributed by atoms with Gasteiger partial charge in [-0.15, -0.1) is 0 Å². The van der Waals surface area contributed by atoms with Crippen molar-refractivity contribution in [1.29, 1.82) is 0 Å². The number of rotatable bonds is 6. The summed E-state index contributed by atoms with van der Waals surface area (Å²) in [6, 6.07) is 9.99. The molecule has 1 aromatic heterocycles. The predicted molar refractivity (Wildman–Crippen MR) is 117 cm³/mol. The molecule has 0 unspecified atom stereocenters. The summed E-state index contributed by atoms with van der Waals surface area (Å²) in [5, 5.41) is 10.0. The quantitative estimate of drug-likeness (QED) is 0.540. The van der Waals surface area contributed by atoms with E-state index in [2.05, 4.69) is 4.98 Å². The summed E-state index contributed by atoms with van der Waals surface area (Å²) in [5.41, 5.74) is 2.74. The summed E-state index contributed by atoms with van der Waals surface area (Å²) in [7, 11) is 1.55. The molecule has 0 radical (unpaired) electrons. The molecule has 0 amide bonds. The van der Waals surface area contributed by atoms with Gasteiger partial charge in [-0.05, 0) is 48.7 Å². The van der Waals surface area contributed by atoms with Gasteiger partial charge in [0.25, 0.3) is 0 Å². The Hall–Kier alpha value is -3.20. The Labute approximate surface area is 188 Å².